The third-order valence-electron chi connectivity index (χ3n) is 3.92. The summed E-state index contributed by atoms with van der Waals surface area (Å²) < 4.78 is 22.8. The molecule has 1 fully saturated rings. The minimum Gasteiger partial charge on any atom is -0.352 e. The van der Waals surface area contributed by atoms with E-state index < -0.39 is 15.8 Å². The molecule has 106 valence electrons. The number of rotatable bonds is 2. The number of ketones is 1. The molecule has 2 atom stereocenters. The zero-order chi connectivity index (χ0) is 14.3. The molecule has 3 rings (SSSR count). The quantitative estimate of drug-likeness (QED) is 0.868. The molecule has 1 aliphatic heterocycles. The zero-order valence-electron chi connectivity index (χ0n) is 10.8. The van der Waals surface area contributed by atoms with Crippen molar-refractivity contribution in [2.75, 3.05) is 11.5 Å². The van der Waals surface area contributed by atoms with Crippen LogP contribution in [0, 0.1) is 0 Å². The number of sulfone groups is 1. The molecule has 0 aromatic heterocycles. The second-order valence-corrected chi connectivity index (χ2v) is 7.60. The number of nitrogens with one attached hydrogen (secondary N) is 1. The highest BCUT2D eigenvalue weighted by Crippen LogP contribution is 2.33. The fraction of sp³-hybridized carbons (Fsp3) is 0.429. The number of carbonyl (C=O) groups is 2. The summed E-state index contributed by atoms with van der Waals surface area (Å²) in [5, 5.41) is 2.77. The Labute approximate surface area is 117 Å². The maximum atomic E-state index is 12.3. The monoisotopic (exact) mass is 293 g/mol. The molecular weight excluding hydrogens is 278 g/mol. The summed E-state index contributed by atoms with van der Waals surface area (Å²) in [6.45, 7) is 0. The number of amides is 1. The van der Waals surface area contributed by atoms with Crippen molar-refractivity contribution in [1.29, 1.82) is 0 Å². The fourth-order valence-corrected chi connectivity index (χ4v) is 4.58. The van der Waals surface area contributed by atoms with Gasteiger partial charge in [-0.2, -0.15) is 0 Å². The largest absolute Gasteiger partial charge is 0.352 e. The van der Waals surface area contributed by atoms with Gasteiger partial charge in [-0.05, 0) is 12.0 Å². The van der Waals surface area contributed by atoms with Gasteiger partial charge in [-0.3, -0.25) is 9.59 Å². The molecule has 1 aromatic carbocycles. The predicted molar refractivity (Wildman–Crippen MR) is 73.3 cm³/mol. The van der Waals surface area contributed by atoms with E-state index in [0.717, 1.165) is 5.56 Å². The van der Waals surface area contributed by atoms with E-state index in [9.17, 15) is 18.0 Å². The van der Waals surface area contributed by atoms with Crippen molar-refractivity contribution in [1.82, 2.24) is 5.32 Å². The second-order valence-electron chi connectivity index (χ2n) is 5.38. The first-order chi connectivity index (χ1) is 9.46. The second kappa shape index (κ2) is 4.70. The van der Waals surface area contributed by atoms with Crippen molar-refractivity contribution in [3.05, 3.63) is 35.4 Å². The number of benzene rings is 1. The van der Waals surface area contributed by atoms with Gasteiger partial charge in [0.1, 0.15) is 0 Å². The number of hydrogen-bond donors (Lipinski definition) is 1. The molecule has 20 heavy (non-hydrogen) atoms. The van der Waals surface area contributed by atoms with Crippen LogP contribution in [0.5, 0.6) is 0 Å². The van der Waals surface area contributed by atoms with Gasteiger partial charge >= 0.3 is 0 Å². The zero-order valence-corrected chi connectivity index (χ0v) is 11.7. The van der Waals surface area contributed by atoms with Crippen LogP contribution in [0.2, 0.25) is 0 Å². The predicted octanol–water partition coefficient (Wildman–Crippen LogP) is 0.660. The van der Waals surface area contributed by atoms with Crippen molar-refractivity contribution < 1.29 is 18.0 Å². The van der Waals surface area contributed by atoms with E-state index >= 15 is 0 Å². The first-order valence-corrected chi connectivity index (χ1v) is 8.41. The van der Waals surface area contributed by atoms with Crippen molar-refractivity contribution in [3.63, 3.8) is 0 Å². The van der Waals surface area contributed by atoms with Gasteiger partial charge < -0.3 is 5.32 Å². The topological polar surface area (TPSA) is 80.3 Å². The van der Waals surface area contributed by atoms with Crippen LogP contribution in [-0.2, 0) is 14.6 Å². The number of carbonyl (C=O) groups excluding carboxylic acids is 2. The first kappa shape index (κ1) is 13.3. The van der Waals surface area contributed by atoms with E-state index in [1.807, 2.05) is 0 Å². The summed E-state index contributed by atoms with van der Waals surface area (Å²) in [5.41, 5.74) is 1.35. The van der Waals surface area contributed by atoms with Gasteiger partial charge in [-0.25, -0.2) is 8.42 Å². The summed E-state index contributed by atoms with van der Waals surface area (Å²) in [6.07, 6.45) is 0.626. The van der Waals surface area contributed by atoms with Gasteiger partial charge in [0.2, 0.25) is 5.91 Å². The highest BCUT2D eigenvalue weighted by atomic mass is 32.2. The fourth-order valence-electron chi connectivity index (χ4n) is 2.90. The molecule has 1 heterocycles. The molecular formula is C14H15NO4S. The Bertz CT molecular complexity index is 680. The van der Waals surface area contributed by atoms with E-state index in [4.69, 9.17) is 0 Å². The maximum Gasteiger partial charge on any atom is 0.228 e. The molecule has 0 bridgehead atoms. The number of fused-ring (bicyclic) bond motifs is 1. The molecule has 1 saturated heterocycles. The molecule has 2 aliphatic rings. The molecule has 1 aliphatic carbocycles. The van der Waals surface area contributed by atoms with Crippen molar-refractivity contribution in [3.8, 4) is 0 Å². The maximum absolute atomic E-state index is 12.3. The van der Waals surface area contributed by atoms with Crippen LogP contribution in [-0.4, -0.2) is 37.7 Å². The SMILES string of the molecule is O=C1CC(C(=O)NC2CCS(=O)(=O)C2)c2ccccc21. The van der Waals surface area contributed by atoms with Gasteiger partial charge in [0, 0.05) is 18.0 Å². The lowest BCUT2D eigenvalue weighted by Gasteiger charge is -2.15. The Hall–Kier alpha value is -1.69. The van der Waals surface area contributed by atoms with Crippen molar-refractivity contribution in [2.45, 2.75) is 24.8 Å². The summed E-state index contributed by atoms with van der Waals surface area (Å²) in [7, 11) is -3.02. The molecule has 5 nitrogen and oxygen atoms in total. The molecule has 0 spiro atoms. The number of Topliss-reactive ketones (excluding diaryl/α,β-unsaturated/α-hetero) is 1. The molecule has 1 amide bonds. The van der Waals surface area contributed by atoms with Crippen LogP contribution in [0.15, 0.2) is 24.3 Å². The lowest BCUT2D eigenvalue weighted by Crippen LogP contribution is -2.38. The van der Waals surface area contributed by atoms with Crippen LogP contribution in [0.4, 0.5) is 0 Å². The van der Waals surface area contributed by atoms with E-state index in [2.05, 4.69) is 5.32 Å². The minimum absolute atomic E-state index is 0.00104. The van der Waals surface area contributed by atoms with Gasteiger partial charge in [-0.1, -0.05) is 24.3 Å². The van der Waals surface area contributed by atoms with Crippen LogP contribution >= 0.6 is 0 Å². The molecule has 0 radical (unpaired) electrons. The normalized spacial score (nSPS) is 27.3. The Morgan fingerprint density at radius 3 is 2.70 bits per heavy atom. The highest BCUT2D eigenvalue weighted by Gasteiger charge is 2.36. The average Bonchev–Trinajstić information content (AvgIpc) is 2.91. The van der Waals surface area contributed by atoms with E-state index in [1.165, 1.54) is 0 Å². The van der Waals surface area contributed by atoms with Gasteiger partial charge in [-0.15, -0.1) is 0 Å². The third kappa shape index (κ3) is 2.35. The van der Waals surface area contributed by atoms with Gasteiger partial charge in [0.15, 0.2) is 15.6 Å². The molecule has 0 saturated carbocycles. The summed E-state index contributed by atoms with van der Waals surface area (Å²) >= 11 is 0. The van der Waals surface area contributed by atoms with E-state index in [0.29, 0.717) is 12.0 Å². The highest BCUT2D eigenvalue weighted by molar-refractivity contribution is 7.91. The van der Waals surface area contributed by atoms with Crippen LogP contribution in [0.25, 0.3) is 0 Å². The molecule has 6 heteroatoms. The number of hydrogen-bond acceptors (Lipinski definition) is 4. The summed E-state index contributed by atoms with van der Waals surface area (Å²) in [5.74, 6) is -0.633. The third-order valence-corrected chi connectivity index (χ3v) is 5.69. The van der Waals surface area contributed by atoms with E-state index in [1.54, 1.807) is 24.3 Å². The lowest BCUT2D eigenvalue weighted by atomic mass is 10.00. The Balaban J connectivity index is 1.75. The minimum atomic E-state index is -3.02. The van der Waals surface area contributed by atoms with Gasteiger partial charge in [0.05, 0.1) is 17.4 Å². The average molecular weight is 293 g/mol. The molecule has 1 aromatic rings. The Morgan fingerprint density at radius 1 is 1.25 bits per heavy atom. The summed E-state index contributed by atoms with van der Waals surface area (Å²) in [6, 6.07) is 6.77. The lowest BCUT2D eigenvalue weighted by molar-refractivity contribution is -0.123. The first-order valence-electron chi connectivity index (χ1n) is 6.59. The molecule has 2 unspecified atom stereocenters. The Kier molecular flexibility index (Phi) is 3.12. The summed E-state index contributed by atoms with van der Waals surface area (Å²) in [4.78, 5) is 24.1. The standard InChI is InChI=1S/C14H15NO4S/c16-13-7-12(10-3-1-2-4-11(10)13)14(17)15-9-5-6-20(18,19)8-9/h1-4,9,12H,5-8H2,(H,15,17). The van der Waals surface area contributed by atoms with Gasteiger partial charge in [0.25, 0.3) is 0 Å². The molecule has 1 N–H and O–H groups in total. The Morgan fingerprint density at radius 2 is 2.00 bits per heavy atom. The van der Waals surface area contributed by atoms with Crippen molar-refractivity contribution in [2.24, 2.45) is 0 Å². The van der Waals surface area contributed by atoms with E-state index in [-0.39, 0.29) is 35.7 Å². The van der Waals surface area contributed by atoms with Crippen LogP contribution in [0.3, 0.4) is 0 Å². The van der Waals surface area contributed by atoms with Crippen LogP contribution in [0.1, 0.15) is 34.7 Å². The van der Waals surface area contributed by atoms with Crippen LogP contribution < -0.4 is 5.32 Å². The van der Waals surface area contributed by atoms with Crippen molar-refractivity contribution >= 4 is 21.5 Å². The smallest absolute Gasteiger partial charge is 0.228 e.